The number of nitrogens with zero attached hydrogens (tertiary/aromatic N) is 1. The molecule has 1 N–H and O–H groups in total. The molecule has 1 saturated heterocycles. The fraction of sp³-hybridized carbons (Fsp3) is 0.429. The van der Waals surface area contributed by atoms with Crippen LogP contribution in [-0.4, -0.2) is 50.5 Å². The largest absolute Gasteiger partial charge is 0.353 e. The number of rotatable bonds is 4. The van der Waals surface area contributed by atoms with Crippen molar-refractivity contribution < 1.29 is 18.0 Å². The van der Waals surface area contributed by atoms with Crippen molar-refractivity contribution in [3.8, 4) is 0 Å². The quantitative estimate of drug-likeness (QED) is 0.839. The van der Waals surface area contributed by atoms with Gasteiger partial charge in [0.05, 0.1) is 12.3 Å². The van der Waals surface area contributed by atoms with Gasteiger partial charge in [0.1, 0.15) is 5.75 Å². The first-order chi connectivity index (χ1) is 9.85. The Morgan fingerprint density at radius 3 is 2.81 bits per heavy atom. The number of carbonyl (C=O) groups is 2. The number of amides is 2. The Morgan fingerprint density at radius 1 is 1.38 bits per heavy atom. The van der Waals surface area contributed by atoms with Crippen LogP contribution in [0.25, 0.3) is 0 Å². The number of aryl methyl sites for hydroxylation is 1. The third kappa shape index (κ3) is 4.56. The SMILES string of the molecule is Cc1cccc(CS(=O)(=O)CC(=O)N2CCNC(=O)C2)c1. The van der Waals surface area contributed by atoms with Crippen LogP contribution < -0.4 is 5.32 Å². The first-order valence-corrected chi connectivity index (χ1v) is 8.48. The van der Waals surface area contributed by atoms with Gasteiger partial charge in [-0.15, -0.1) is 0 Å². The van der Waals surface area contributed by atoms with E-state index in [-0.39, 0.29) is 18.2 Å². The summed E-state index contributed by atoms with van der Waals surface area (Å²) in [7, 11) is -3.54. The second-order valence-electron chi connectivity index (χ2n) is 5.19. The smallest absolute Gasteiger partial charge is 0.239 e. The van der Waals surface area contributed by atoms with Crippen LogP contribution in [0.2, 0.25) is 0 Å². The Kier molecular flexibility index (Phi) is 4.62. The van der Waals surface area contributed by atoms with E-state index in [2.05, 4.69) is 5.32 Å². The zero-order chi connectivity index (χ0) is 15.5. The summed E-state index contributed by atoms with van der Waals surface area (Å²) in [5.41, 5.74) is 1.64. The molecule has 0 spiro atoms. The van der Waals surface area contributed by atoms with Crippen LogP contribution in [0.3, 0.4) is 0 Å². The normalized spacial score (nSPS) is 15.7. The van der Waals surface area contributed by atoms with Gasteiger partial charge in [0.2, 0.25) is 11.8 Å². The molecule has 1 aliphatic rings. The molecule has 0 radical (unpaired) electrons. The number of piperazine rings is 1. The molecule has 114 valence electrons. The van der Waals surface area contributed by atoms with Gasteiger partial charge in [0, 0.05) is 13.1 Å². The molecule has 0 atom stereocenters. The van der Waals surface area contributed by atoms with Gasteiger partial charge in [-0.05, 0) is 12.5 Å². The van der Waals surface area contributed by atoms with Gasteiger partial charge in [-0.1, -0.05) is 29.8 Å². The lowest BCUT2D eigenvalue weighted by molar-refractivity contribution is -0.136. The van der Waals surface area contributed by atoms with E-state index in [0.29, 0.717) is 18.7 Å². The molecule has 0 aromatic heterocycles. The van der Waals surface area contributed by atoms with Crippen LogP contribution >= 0.6 is 0 Å². The van der Waals surface area contributed by atoms with Gasteiger partial charge in [0.25, 0.3) is 0 Å². The molecule has 0 bridgehead atoms. The first kappa shape index (κ1) is 15.5. The Hall–Kier alpha value is -1.89. The molecule has 1 aromatic carbocycles. The Bertz CT molecular complexity index is 655. The summed E-state index contributed by atoms with van der Waals surface area (Å²) in [5, 5.41) is 2.59. The lowest BCUT2D eigenvalue weighted by Crippen LogP contribution is -2.51. The average Bonchev–Trinajstić information content (AvgIpc) is 2.37. The highest BCUT2D eigenvalue weighted by Gasteiger charge is 2.25. The minimum Gasteiger partial charge on any atom is -0.353 e. The molecule has 0 saturated carbocycles. The average molecular weight is 310 g/mol. The van der Waals surface area contributed by atoms with E-state index in [1.807, 2.05) is 13.0 Å². The van der Waals surface area contributed by atoms with Gasteiger partial charge in [-0.3, -0.25) is 9.59 Å². The number of hydrogen-bond donors (Lipinski definition) is 1. The zero-order valence-electron chi connectivity index (χ0n) is 11.8. The summed E-state index contributed by atoms with van der Waals surface area (Å²) < 4.78 is 24.2. The van der Waals surface area contributed by atoms with Crippen molar-refractivity contribution in [1.29, 1.82) is 0 Å². The molecular weight excluding hydrogens is 292 g/mol. The van der Waals surface area contributed by atoms with E-state index in [0.717, 1.165) is 5.56 Å². The second-order valence-corrected chi connectivity index (χ2v) is 7.25. The van der Waals surface area contributed by atoms with E-state index < -0.39 is 21.5 Å². The van der Waals surface area contributed by atoms with Crippen molar-refractivity contribution in [2.45, 2.75) is 12.7 Å². The Morgan fingerprint density at radius 2 is 2.14 bits per heavy atom. The minimum atomic E-state index is -3.54. The predicted octanol–water partition coefficient (Wildman–Crippen LogP) is -0.132. The zero-order valence-corrected chi connectivity index (χ0v) is 12.6. The van der Waals surface area contributed by atoms with E-state index >= 15 is 0 Å². The highest BCUT2D eigenvalue weighted by Crippen LogP contribution is 2.10. The molecule has 21 heavy (non-hydrogen) atoms. The lowest BCUT2D eigenvalue weighted by atomic mass is 10.2. The Labute approximate surface area is 124 Å². The number of hydrogen-bond acceptors (Lipinski definition) is 4. The molecule has 6 nitrogen and oxygen atoms in total. The predicted molar refractivity (Wildman–Crippen MR) is 78.3 cm³/mol. The molecule has 7 heteroatoms. The monoisotopic (exact) mass is 310 g/mol. The highest BCUT2D eigenvalue weighted by atomic mass is 32.2. The second kappa shape index (κ2) is 6.26. The van der Waals surface area contributed by atoms with E-state index in [1.54, 1.807) is 18.2 Å². The summed E-state index contributed by atoms with van der Waals surface area (Å²) in [4.78, 5) is 24.5. The van der Waals surface area contributed by atoms with Crippen molar-refractivity contribution in [2.75, 3.05) is 25.4 Å². The van der Waals surface area contributed by atoms with Crippen molar-refractivity contribution in [3.63, 3.8) is 0 Å². The first-order valence-electron chi connectivity index (χ1n) is 6.66. The molecule has 1 aromatic rings. The number of nitrogens with one attached hydrogen (secondary N) is 1. The molecule has 0 aliphatic carbocycles. The maximum absolute atomic E-state index is 12.1. The van der Waals surface area contributed by atoms with Gasteiger partial charge in [-0.25, -0.2) is 8.42 Å². The van der Waals surface area contributed by atoms with Crippen molar-refractivity contribution in [3.05, 3.63) is 35.4 Å². The number of carbonyl (C=O) groups excluding carboxylic acids is 2. The fourth-order valence-electron chi connectivity index (χ4n) is 2.24. The fourth-order valence-corrected chi connectivity index (χ4v) is 3.59. The van der Waals surface area contributed by atoms with Crippen molar-refractivity contribution in [2.24, 2.45) is 0 Å². The summed E-state index contributed by atoms with van der Waals surface area (Å²) in [5.74, 6) is -1.50. The van der Waals surface area contributed by atoms with E-state index in [9.17, 15) is 18.0 Å². The van der Waals surface area contributed by atoms with Crippen LogP contribution in [0.5, 0.6) is 0 Å². The standard InChI is InChI=1S/C14H18N2O4S/c1-11-3-2-4-12(7-11)9-21(19,20)10-14(18)16-6-5-15-13(17)8-16/h2-4,7H,5-6,8-10H2,1H3,(H,15,17). The maximum atomic E-state index is 12.1. The Balaban J connectivity index is 2.00. The topological polar surface area (TPSA) is 83.6 Å². The number of benzene rings is 1. The van der Waals surface area contributed by atoms with E-state index in [4.69, 9.17) is 0 Å². The van der Waals surface area contributed by atoms with E-state index in [1.165, 1.54) is 4.90 Å². The van der Waals surface area contributed by atoms with Gasteiger partial charge in [-0.2, -0.15) is 0 Å². The molecule has 1 aliphatic heterocycles. The third-order valence-corrected chi connectivity index (χ3v) is 4.66. The molecule has 2 amide bonds. The third-order valence-electron chi connectivity index (χ3n) is 3.20. The summed E-state index contributed by atoms with van der Waals surface area (Å²) in [6.45, 7) is 2.53. The maximum Gasteiger partial charge on any atom is 0.239 e. The summed E-state index contributed by atoms with van der Waals surface area (Å²) >= 11 is 0. The number of sulfone groups is 1. The van der Waals surface area contributed by atoms with Crippen LogP contribution in [0.15, 0.2) is 24.3 Å². The van der Waals surface area contributed by atoms with Gasteiger partial charge >= 0.3 is 0 Å². The van der Waals surface area contributed by atoms with Gasteiger partial charge in [0.15, 0.2) is 9.84 Å². The lowest BCUT2D eigenvalue weighted by Gasteiger charge is -2.26. The molecular formula is C14H18N2O4S. The molecule has 2 rings (SSSR count). The summed E-state index contributed by atoms with van der Waals surface area (Å²) in [6.07, 6.45) is 0. The molecule has 1 fully saturated rings. The van der Waals surface area contributed by atoms with Gasteiger partial charge < -0.3 is 10.2 Å². The van der Waals surface area contributed by atoms with Crippen LogP contribution in [0.1, 0.15) is 11.1 Å². The molecule has 1 heterocycles. The minimum absolute atomic E-state index is 0.0706. The van der Waals surface area contributed by atoms with Crippen LogP contribution in [0.4, 0.5) is 0 Å². The van der Waals surface area contributed by atoms with Crippen molar-refractivity contribution >= 4 is 21.7 Å². The van der Waals surface area contributed by atoms with Crippen LogP contribution in [-0.2, 0) is 25.2 Å². The van der Waals surface area contributed by atoms with Crippen LogP contribution in [0, 0.1) is 6.92 Å². The van der Waals surface area contributed by atoms with Crippen molar-refractivity contribution in [1.82, 2.24) is 10.2 Å². The summed E-state index contributed by atoms with van der Waals surface area (Å²) in [6, 6.07) is 7.18. The molecule has 0 unspecified atom stereocenters. The highest BCUT2D eigenvalue weighted by molar-refractivity contribution is 7.91.